The summed E-state index contributed by atoms with van der Waals surface area (Å²) in [6.45, 7) is 3.04. The van der Waals surface area contributed by atoms with Crippen LogP contribution < -0.4 is 5.73 Å². The zero-order chi connectivity index (χ0) is 25.2. The molecule has 2 fully saturated rings. The number of benzene rings is 1. The minimum Gasteiger partial charge on any atom is -0.366 e. The fraction of sp³-hybridized carbons (Fsp3) is 0.522. The molecule has 3 unspecified atom stereocenters. The number of nitrogens with two attached hydrogens (primary N) is 1. The van der Waals surface area contributed by atoms with Crippen LogP contribution in [0.4, 0.5) is 0 Å². The van der Waals surface area contributed by atoms with Gasteiger partial charge in [0.1, 0.15) is 12.3 Å². The van der Waals surface area contributed by atoms with E-state index < -0.39 is 44.1 Å². The van der Waals surface area contributed by atoms with E-state index in [0.29, 0.717) is 29.9 Å². The van der Waals surface area contributed by atoms with Gasteiger partial charge in [-0.1, -0.05) is 29.8 Å². The molecule has 0 aromatic heterocycles. The van der Waals surface area contributed by atoms with Gasteiger partial charge in [0.25, 0.3) is 0 Å². The third-order valence-corrected chi connectivity index (χ3v) is 7.40. The Morgan fingerprint density at radius 1 is 1.40 bits per heavy atom. The van der Waals surface area contributed by atoms with Gasteiger partial charge in [-0.2, -0.15) is 0 Å². The van der Waals surface area contributed by atoms with Gasteiger partial charge in [0, 0.05) is 35.8 Å². The number of rotatable bonds is 8. The lowest BCUT2D eigenvalue weighted by molar-refractivity contribution is -0.216. The second-order valence-corrected chi connectivity index (χ2v) is 11.1. The van der Waals surface area contributed by atoms with Crippen LogP contribution in [0.5, 0.6) is 0 Å². The molecule has 0 saturated carbocycles. The minimum absolute atomic E-state index is 0.166. The lowest BCUT2D eigenvalue weighted by Gasteiger charge is -2.31. The fourth-order valence-electron chi connectivity index (χ4n) is 4.13. The summed E-state index contributed by atoms with van der Waals surface area (Å²) in [4.78, 5) is 13.3. The van der Waals surface area contributed by atoms with Gasteiger partial charge in [-0.25, -0.2) is 4.57 Å². The van der Waals surface area contributed by atoms with Gasteiger partial charge in [0.05, 0.1) is 25.4 Å². The summed E-state index contributed by atoms with van der Waals surface area (Å²) in [7, 11) is -3.90. The maximum Gasteiger partial charge on any atom is 0.475 e. The number of phosphoric acid groups is 1. The molecule has 3 aliphatic heterocycles. The van der Waals surface area contributed by atoms with Crippen molar-refractivity contribution in [3.8, 4) is 0 Å². The summed E-state index contributed by atoms with van der Waals surface area (Å²) in [6, 6.07) is 7.13. The van der Waals surface area contributed by atoms with Crippen molar-refractivity contribution < 1.29 is 37.5 Å². The van der Waals surface area contributed by atoms with E-state index in [-0.39, 0.29) is 13.2 Å². The Kier molecular flexibility index (Phi) is 8.05. The number of aliphatic hydroxyl groups is 1. The monoisotopic (exact) mass is 528 g/mol. The number of hydrogen-bond donors (Lipinski definition) is 2. The van der Waals surface area contributed by atoms with Crippen molar-refractivity contribution in [2.45, 2.75) is 63.4 Å². The van der Waals surface area contributed by atoms with Crippen LogP contribution >= 0.6 is 19.4 Å². The van der Waals surface area contributed by atoms with Gasteiger partial charge in [-0.15, -0.1) is 0 Å². The number of hydrogen-bond acceptors (Lipinski definition) is 9. The molecule has 1 aromatic rings. The lowest BCUT2D eigenvalue weighted by Crippen LogP contribution is -2.37. The van der Waals surface area contributed by atoms with Crippen molar-refractivity contribution in [1.29, 1.82) is 0 Å². The van der Waals surface area contributed by atoms with Crippen LogP contribution in [0.1, 0.15) is 44.8 Å². The second kappa shape index (κ2) is 10.7. The summed E-state index contributed by atoms with van der Waals surface area (Å²) in [5.74, 6) is -1.95. The Labute approximate surface area is 209 Å². The Bertz CT molecular complexity index is 1040. The van der Waals surface area contributed by atoms with Crippen molar-refractivity contribution in [3.63, 3.8) is 0 Å². The number of primary amides is 1. The number of carbonyl (C=O) groups is 1. The first-order chi connectivity index (χ1) is 16.5. The highest BCUT2D eigenvalue weighted by atomic mass is 35.5. The van der Waals surface area contributed by atoms with Gasteiger partial charge in [-0.05, 0) is 38.0 Å². The summed E-state index contributed by atoms with van der Waals surface area (Å²) in [5, 5.41) is 10.8. The van der Waals surface area contributed by atoms with Crippen molar-refractivity contribution in [2.24, 2.45) is 5.73 Å². The van der Waals surface area contributed by atoms with Crippen LogP contribution in [0, 0.1) is 0 Å². The number of nitrogens with zero attached hydrogens (tertiary/aromatic N) is 1. The summed E-state index contributed by atoms with van der Waals surface area (Å²) < 4.78 is 41.9. The molecule has 4 rings (SSSR count). The molecule has 1 aromatic carbocycles. The van der Waals surface area contributed by atoms with E-state index in [1.807, 2.05) is 6.07 Å². The highest BCUT2D eigenvalue weighted by Crippen LogP contribution is 2.57. The Morgan fingerprint density at radius 2 is 2.20 bits per heavy atom. The third kappa shape index (κ3) is 6.93. The smallest absolute Gasteiger partial charge is 0.366 e. The first-order valence-corrected chi connectivity index (χ1v) is 13.2. The highest BCUT2D eigenvalue weighted by molar-refractivity contribution is 7.48. The van der Waals surface area contributed by atoms with Crippen molar-refractivity contribution in [1.82, 2.24) is 4.90 Å². The zero-order valence-electron chi connectivity index (χ0n) is 19.5. The van der Waals surface area contributed by atoms with Gasteiger partial charge < -0.3 is 25.2 Å². The van der Waals surface area contributed by atoms with E-state index in [0.717, 1.165) is 5.56 Å². The third-order valence-electron chi connectivity index (χ3n) is 5.69. The summed E-state index contributed by atoms with van der Waals surface area (Å²) >= 11 is 6.08. The number of halogens is 1. The predicted molar refractivity (Wildman–Crippen MR) is 127 cm³/mol. The molecule has 192 valence electrons. The van der Waals surface area contributed by atoms with Crippen LogP contribution in [-0.4, -0.2) is 53.4 Å². The van der Waals surface area contributed by atoms with Crippen LogP contribution in [0.25, 0.3) is 0 Å². The van der Waals surface area contributed by atoms with Crippen molar-refractivity contribution >= 4 is 25.3 Å². The number of phosphoric ester groups is 1. The van der Waals surface area contributed by atoms with E-state index >= 15 is 0 Å². The van der Waals surface area contributed by atoms with Crippen LogP contribution in [-0.2, 0) is 32.4 Å². The lowest BCUT2D eigenvalue weighted by atomic mass is 10.1. The van der Waals surface area contributed by atoms with Crippen LogP contribution in [0.3, 0.4) is 0 Å². The van der Waals surface area contributed by atoms with E-state index in [4.69, 9.17) is 40.4 Å². The number of ether oxygens (including phenoxy) is 2. The van der Waals surface area contributed by atoms with Gasteiger partial charge in [0.15, 0.2) is 5.79 Å². The van der Waals surface area contributed by atoms with Crippen LogP contribution in [0.2, 0.25) is 5.02 Å². The molecule has 0 bridgehead atoms. The van der Waals surface area contributed by atoms with Crippen LogP contribution in [0.15, 0.2) is 48.3 Å². The summed E-state index contributed by atoms with van der Waals surface area (Å²) in [5.41, 5.74) is 6.64. The highest BCUT2D eigenvalue weighted by Gasteiger charge is 2.44. The van der Waals surface area contributed by atoms with Crippen molar-refractivity contribution in [3.05, 3.63) is 58.9 Å². The first-order valence-electron chi connectivity index (χ1n) is 11.3. The van der Waals surface area contributed by atoms with E-state index in [2.05, 4.69) is 0 Å². The molecule has 0 aliphatic carbocycles. The summed E-state index contributed by atoms with van der Waals surface area (Å²) in [6.07, 6.45) is 4.18. The normalized spacial score (nSPS) is 31.4. The SMILES string of the molecule is CC(C)(O)O[C@H]1C[C@H](N2C=CCC(C(N)=O)=C2)OC1COP1(=O)OCCC(c2cccc(Cl)c2)O1. The van der Waals surface area contributed by atoms with Gasteiger partial charge in [-0.3, -0.25) is 18.4 Å². The maximum absolute atomic E-state index is 13.2. The number of carbonyl (C=O) groups excluding carboxylic acids is 1. The Balaban J connectivity index is 1.44. The Morgan fingerprint density at radius 3 is 2.91 bits per heavy atom. The molecule has 3 N–H and O–H groups in total. The quantitative estimate of drug-likeness (QED) is 0.382. The number of amides is 1. The van der Waals surface area contributed by atoms with E-state index in [1.54, 1.807) is 41.6 Å². The van der Waals surface area contributed by atoms with Crippen molar-refractivity contribution in [2.75, 3.05) is 13.2 Å². The molecule has 10 nitrogen and oxygen atoms in total. The molecule has 5 atom stereocenters. The first kappa shape index (κ1) is 26.3. The maximum atomic E-state index is 13.2. The Hall–Kier alpha value is -1.75. The fourth-order valence-corrected chi connectivity index (χ4v) is 5.72. The standard InChI is InChI=1S/C23H30ClN2O8P/c1-23(2,28)33-19-12-21(26-9-4-6-16(13-26)22(25)27)32-20(19)14-31-35(29)30-10-8-18(34-35)15-5-3-7-17(24)11-15/h3-5,7,9,11,13,18-21,28H,6,8,10,12,14H2,1-2H3,(H2,25,27)/t18?,19-,20?,21+,35?/m0/s1. The minimum atomic E-state index is -3.90. The average molecular weight is 529 g/mol. The molecular weight excluding hydrogens is 499 g/mol. The molecule has 2 saturated heterocycles. The molecule has 3 aliphatic rings. The molecule has 0 spiro atoms. The molecule has 1 amide bonds. The molecule has 0 radical (unpaired) electrons. The molecular formula is C23H30ClN2O8P. The average Bonchev–Trinajstić information content (AvgIpc) is 3.19. The number of allylic oxidation sites excluding steroid dienone is 1. The van der Waals surface area contributed by atoms with E-state index in [1.165, 1.54) is 13.8 Å². The molecule has 35 heavy (non-hydrogen) atoms. The van der Waals surface area contributed by atoms with Gasteiger partial charge in [0.2, 0.25) is 5.91 Å². The predicted octanol–water partition coefficient (Wildman–Crippen LogP) is 3.76. The zero-order valence-corrected chi connectivity index (χ0v) is 21.2. The topological polar surface area (TPSA) is 130 Å². The second-order valence-electron chi connectivity index (χ2n) is 9.04. The molecule has 12 heteroatoms. The van der Waals surface area contributed by atoms with Gasteiger partial charge >= 0.3 is 7.82 Å². The largest absolute Gasteiger partial charge is 0.475 e. The van der Waals surface area contributed by atoms with E-state index in [9.17, 15) is 14.5 Å². The molecule has 3 heterocycles.